The summed E-state index contributed by atoms with van der Waals surface area (Å²) in [7, 11) is 1.50. The molecule has 1 aliphatic heterocycles. The van der Waals surface area contributed by atoms with Gasteiger partial charge in [-0.25, -0.2) is 9.59 Å². The molecule has 2 amide bonds. The van der Waals surface area contributed by atoms with Gasteiger partial charge in [-0.2, -0.15) is 0 Å². The smallest absolute Gasteiger partial charge is 0.336 e. The third-order valence-electron chi connectivity index (χ3n) is 5.68. The molecule has 0 N–H and O–H groups in total. The predicted molar refractivity (Wildman–Crippen MR) is 106 cm³/mol. The van der Waals surface area contributed by atoms with Crippen molar-refractivity contribution in [1.82, 2.24) is 4.90 Å². The molecule has 0 radical (unpaired) electrons. The second kappa shape index (κ2) is 7.78. The summed E-state index contributed by atoms with van der Waals surface area (Å²) in [5.74, 6) is -1.67. The Morgan fingerprint density at radius 3 is 2.43 bits per heavy atom. The minimum atomic E-state index is -1.04. The first-order valence-corrected chi connectivity index (χ1v) is 9.70. The van der Waals surface area contributed by atoms with E-state index in [0.717, 1.165) is 4.90 Å². The lowest BCUT2D eigenvalue weighted by atomic mass is 9.85. The largest absolute Gasteiger partial charge is 0.497 e. The summed E-state index contributed by atoms with van der Waals surface area (Å²) in [6, 6.07) is 5.19. The van der Waals surface area contributed by atoms with Crippen LogP contribution < -0.4 is 10.4 Å². The van der Waals surface area contributed by atoms with E-state index >= 15 is 0 Å². The minimum Gasteiger partial charge on any atom is -0.497 e. The molecule has 0 saturated carbocycles. The van der Waals surface area contributed by atoms with E-state index in [1.165, 1.54) is 20.1 Å². The van der Waals surface area contributed by atoms with E-state index in [0.29, 0.717) is 35.1 Å². The van der Waals surface area contributed by atoms with Gasteiger partial charge in [0, 0.05) is 23.1 Å². The van der Waals surface area contributed by atoms with Crippen LogP contribution in [0.3, 0.4) is 0 Å². The van der Waals surface area contributed by atoms with Gasteiger partial charge in [-0.15, -0.1) is 0 Å². The normalized spacial score (nSPS) is 21.6. The van der Waals surface area contributed by atoms with E-state index in [-0.39, 0.29) is 18.4 Å². The zero-order valence-corrected chi connectivity index (χ0v) is 16.6. The summed E-state index contributed by atoms with van der Waals surface area (Å²) < 4.78 is 15.7. The van der Waals surface area contributed by atoms with Crippen molar-refractivity contribution in [2.75, 3.05) is 7.11 Å². The van der Waals surface area contributed by atoms with Gasteiger partial charge in [0.1, 0.15) is 24.0 Å². The highest BCUT2D eigenvalue weighted by molar-refractivity contribution is 6.08. The molecule has 4 rings (SSSR count). The first kappa shape index (κ1) is 19.9. The maximum absolute atomic E-state index is 12.6. The maximum atomic E-state index is 12.6. The van der Waals surface area contributed by atoms with Crippen molar-refractivity contribution in [2.45, 2.75) is 32.4 Å². The maximum Gasteiger partial charge on any atom is 0.336 e. The van der Waals surface area contributed by atoms with E-state index in [1.54, 1.807) is 18.2 Å². The van der Waals surface area contributed by atoms with Crippen LogP contribution in [0.5, 0.6) is 5.75 Å². The Balaban J connectivity index is 1.50. The molecule has 1 aliphatic carbocycles. The summed E-state index contributed by atoms with van der Waals surface area (Å²) in [5.41, 5.74) is 0.181. The first-order chi connectivity index (χ1) is 14.4. The standard InChI is InChI=1S/C22H21NO7/c1-12(23-20(25)16-5-3-4-6-17(16)21(23)26)22(27)29-11-13-9-19(24)30-18-10-14(28-2)7-8-15(13)18/h3-4,7-10,12,16-17H,5-6,11H2,1-2H3/t12-,16-,17+/m0/s1. The van der Waals surface area contributed by atoms with Gasteiger partial charge in [-0.3, -0.25) is 14.5 Å². The number of allylic oxidation sites excluding steroid dienone is 2. The van der Waals surface area contributed by atoms with Crippen LogP contribution in [0.2, 0.25) is 0 Å². The molecule has 0 bridgehead atoms. The van der Waals surface area contributed by atoms with Crippen LogP contribution in [-0.2, 0) is 25.7 Å². The number of rotatable bonds is 5. The molecule has 156 valence electrons. The van der Waals surface area contributed by atoms with Crippen LogP contribution >= 0.6 is 0 Å². The van der Waals surface area contributed by atoms with Gasteiger partial charge in [0.15, 0.2) is 0 Å². The molecule has 1 aromatic heterocycles. The van der Waals surface area contributed by atoms with Gasteiger partial charge in [0.05, 0.1) is 18.9 Å². The fourth-order valence-corrected chi connectivity index (χ4v) is 4.04. The Kier molecular flexibility index (Phi) is 5.15. The van der Waals surface area contributed by atoms with Crippen molar-refractivity contribution in [3.05, 3.63) is 52.4 Å². The summed E-state index contributed by atoms with van der Waals surface area (Å²) in [4.78, 5) is 50.8. The predicted octanol–water partition coefficient (Wildman–Crippen LogP) is 2.18. The van der Waals surface area contributed by atoms with E-state index < -0.39 is 29.5 Å². The van der Waals surface area contributed by atoms with Crippen molar-refractivity contribution >= 4 is 28.8 Å². The van der Waals surface area contributed by atoms with Gasteiger partial charge in [0.25, 0.3) is 0 Å². The number of carbonyl (C=O) groups excluding carboxylic acids is 3. The molecule has 1 aromatic carbocycles. The number of nitrogens with zero attached hydrogens (tertiary/aromatic N) is 1. The zero-order chi connectivity index (χ0) is 21.4. The Morgan fingerprint density at radius 1 is 1.13 bits per heavy atom. The minimum absolute atomic E-state index is 0.192. The molecule has 2 heterocycles. The molecule has 30 heavy (non-hydrogen) atoms. The number of esters is 1. The molecule has 8 heteroatoms. The highest BCUT2D eigenvalue weighted by Crippen LogP contribution is 2.36. The van der Waals surface area contributed by atoms with Gasteiger partial charge >= 0.3 is 11.6 Å². The second-order valence-corrected chi connectivity index (χ2v) is 7.44. The summed E-state index contributed by atoms with van der Waals surface area (Å²) in [6.45, 7) is 1.29. The number of carbonyl (C=O) groups is 3. The number of ether oxygens (including phenoxy) is 2. The lowest BCUT2D eigenvalue weighted by Gasteiger charge is -2.21. The summed E-state index contributed by atoms with van der Waals surface area (Å²) in [6.07, 6.45) is 4.78. The number of hydrogen-bond donors (Lipinski definition) is 0. The number of methoxy groups -OCH3 is 1. The topological polar surface area (TPSA) is 103 Å². The van der Waals surface area contributed by atoms with E-state index in [1.807, 2.05) is 12.2 Å². The summed E-state index contributed by atoms with van der Waals surface area (Å²) >= 11 is 0. The van der Waals surface area contributed by atoms with Crippen LogP contribution in [0.1, 0.15) is 25.3 Å². The zero-order valence-electron chi connectivity index (χ0n) is 16.6. The number of likely N-dealkylation sites (tertiary alicyclic amines) is 1. The van der Waals surface area contributed by atoms with Crippen LogP contribution in [-0.4, -0.2) is 35.8 Å². The third-order valence-corrected chi connectivity index (χ3v) is 5.68. The average Bonchev–Trinajstić information content (AvgIpc) is 3.01. The van der Waals surface area contributed by atoms with Crippen molar-refractivity contribution < 1.29 is 28.3 Å². The highest BCUT2D eigenvalue weighted by atomic mass is 16.5. The second-order valence-electron chi connectivity index (χ2n) is 7.44. The Morgan fingerprint density at radius 2 is 1.80 bits per heavy atom. The van der Waals surface area contributed by atoms with Crippen LogP contribution in [0, 0.1) is 11.8 Å². The lowest BCUT2D eigenvalue weighted by molar-refractivity contribution is -0.159. The molecule has 1 saturated heterocycles. The first-order valence-electron chi connectivity index (χ1n) is 9.70. The van der Waals surface area contributed by atoms with E-state index in [2.05, 4.69) is 0 Å². The van der Waals surface area contributed by atoms with E-state index in [4.69, 9.17) is 13.9 Å². The Labute approximate surface area is 172 Å². The molecule has 2 aromatic rings. The molecule has 1 fully saturated rings. The van der Waals surface area contributed by atoms with Crippen molar-refractivity contribution in [3.8, 4) is 5.75 Å². The SMILES string of the molecule is COc1ccc2c(COC(=O)[C@H](C)N3C(=O)[C@H]4CC=CC[C@H]4C3=O)cc(=O)oc2c1. The molecule has 0 unspecified atom stereocenters. The van der Waals surface area contributed by atoms with Crippen molar-refractivity contribution in [2.24, 2.45) is 11.8 Å². The molecule has 8 nitrogen and oxygen atoms in total. The molecular formula is C22H21NO7. The lowest BCUT2D eigenvalue weighted by Crippen LogP contribution is -2.44. The molecular weight excluding hydrogens is 390 g/mol. The molecule has 0 spiro atoms. The van der Waals surface area contributed by atoms with Crippen LogP contribution in [0.4, 0.5) is 0 Å². The Hall–Kier alpha value is -3.42. The van der Waals surface area contributed by atoms with Gasteiger partial charge < -0.3 is 13.9 Å². The van der Waals surface area contributed by atoms with Crippen LogP contribution in [0.25, 0.3) is 11.0 Å². The third kappa shape index (κ3) is 3.38. The number of benzene rings is 1. The summed E-state index contributed by atoms with van der Waals surface area (Å²) in [5, 5.41) is 0.598. The van der Waals surface area contributed by atoms with Gasteiger partial charge in [-0.05, 0) is 31.9 Å². The molecule has 2 aliphatic rings. The van der Waals surface area contributed by atoms with Crippen molar-refractivity contribution in [3.63, 3.8) is 0 Å². The number of fused-ring (bicyclic) bond motifs is 2. The number of amides is 2. The van der Waals surface area contributed by atoms with Gasteiger partial charge in [0.2, 0.25) is 11.8 Å². The fraction of sp³-hybridized carbons (Fsp3) is 0.364. The van der Waals surface area contributed by atoms with E-state index in [9.17, 15) is 19.2 Å². The molecule has 3 atom stereocenters. The Bertz CT molecular complexity index is 1090. The quantitative estimate of drug-likeness (QED) is 0.322. The van der Waals surface area contributed by atoms with Crippen molar-refractivity contribution in [1.29, 1.82) is 0 Å². The number of hydrogen-bond acceptors (Lipinski definition) is 7. The van der Waals surface area contributed by atoms with Crippen LogP contribution in [0.15, 0.2) is 45.6 Å². The van der Waals surface area contributed by atoms with Gasteiger partial charge in [-0.1, -0.05) is 12.2 Å². The number of imide groups is 1. The highest BCUT2D eigenvalue weighted by Gasteiger charge is 2.50. The monoisotopic (exact) mass is 411 g/mol. The average molecular weight is 411 g/mol. The fourth-order valence-electron chi connectivity index (χ4n) is 4.04.